The number of fused-ring (bicyclic) bond motifs is 1. The molecule has 6 nitrogen and oxygen atoms in total. The lowest BCUT2D eigenvalue weighted by atomic mass is 9.96. The Labute approximate surface area is 192 Å². The van der Waals surface area contributed by atoms with Gasteiger partial charge >= 0.3 is 5.69 Å². The Morgan fingerprint density at radius 2 is 1.79 bits per heavy atom. The van der Waals surface area contributed by atoms with Gasteiger partial charge in [-0.3, -0.25) is 14.3 Å². The first-order valence-corrected chi connectivity index (χ1v) is 11.1. The highest BCUT2D eigenvalue weighted by Crippen LogP contribution is 2.27. The Bertz CT molecular complexity index is 1460. The van der Waals surface area contributed by atoms with Crippen molar-refractivity contribution in [1.82, 2.24) is 19.4 Å². The van der Waals surface area contributed by atoms with Gasteiger partial charge in [-0.2, -0.15) is 0 Å². The number of rotatable bonds is 3. The van der Waals surface area contributed by atoms with Gasteiger partial charge in [-0.1, -0.05) is 47.5 Å². The van der Waals surface area contributed by atoms with Crippen LogP contribution in [0.5, 0.6) is 0 Å². The summed E-state index contributed by atoms with van der Waals surface area (Å²) in [5, 5.41) is 0. The van der Waals surface area contributed by atoms with Crippen molar-refractivity contribution in [2.24, 2.45) is 7.05 Å². The van der Waals surface area contributed by atoms with Gasteiger partial charge in [0.1, 0.15) is 0 Å². The van der Waals surface area contributed by atoms with Gasteiger partial charge in [-0.15, -0.1) is 0 Å². The van der Waals surface area contributed by atoms with Gasteiger partial charge in [-0.05, 0) is 55.2 Å². The predicted molar refractivity (Wildman–Crippen MR) is 131 cm³/mol. The molecule has 1 aliphatic rings. The van der Waals surface area contributed by atoms with E-state index in [1.165, 1.54) is 26.8 Å². The van der Waals surface area contributed by atoms with Gasteiger partial charge in [0.2, 0.25) is 0 Å². The summed E-state index contributed by atoms with van der Waals surface area (Å²) in [4.78, 5) is 34.1. The SMILES string of the molecule is Cc1cc(C)cc(C2=CCN(C(=O)c3cccc(-c4cnc5[nH]c(=O)n(C)c5c4)c3)CC2)c1. The topological polar surface area (TPSA) is 71.0 Å². The van der Waals surface area contributed by atoms with Crippen molar-refractivity contribution in [3.63, 3.8) is 0 Å². The third kappa shape index (κ3) is 4.00. The van der Waals surface area contributed by atoms with Gasteiger partial charge < -0.3 is 4.90 Å². The summed E-state index contributed by atoms with van der Waals surface area (Å²) in [6.07, 6.45) is 4.74. The molecule has 2 aromatic carbocycles. The Morgan fingerprint density at radius 3 is 2.52 bits per heavy atom. The zero-order valence-electron chi connectivity index (χ0n) is 19.1. The molecule has 0 saturated carbocycles. The molecule has 0 spiro atoms. The van der Waals surface area contributed by atoms with Crippen LogP contribution >= 0.6 is 0 Å². The number of nitrogens with one attached hydrogen (secondary N) is 1. The standard InChI is InChI=1S/C27H26N4O2/c1-17-11-18(2)13-22(12-17)19-7-9-31(10-8-19)26(32)21-6-4-5-20(14-21)23-15-24-25(28-16-23)29-27(33)30(24)3/h4-7,11-16H,8-10H2,1-3H3,(H,28,29,33). The van der Waals surface area contributed by atoms with Gasteiger partial charge in [-0.25, -0.2) is 9.78 Å². The molecule has 0 atom stereocenters. The van der Waals surface area contributed by atoms with E-state index in [0.29, 0.717) is 24.3 Å². The van der Waals surface area contributed by atoms with E-state index < -0.39 is 0 Å². The fraction of sp³-hybridized carbons (Fsp3) is 0.222. The van der Waals surface area contributed by atoms with Crippen molar-refractivity contribution in [2.75, 3.05) is 13.1 Å². The van der Waals surface area contributed by atoms with Crippen molar-refractivity contribution >= 4 is 22.6 Å². The molecule has 0 fully saturated rings. The summed E-state index contributed by atoms with van der Waals surface area (Å²) >= 11 is 0. The summed E-state index contributed by atoms with van der Waals surface area (Å²) in [5.41, 5.74) is 8.57. The molecule has 0 aliphatic carbocycles. The zero-order valence-corrected chi connectivity index (χ0v) is 19.1. The molecule has 0 saturated heterocycles. The summed E-state index contributed by atoms with van der Waals surface area (Å²) in [6.45, 7) is 5.53. The lowest BCUT2D eigenvalue weighted by Gasteiger charge is -2.27. The smallest absolute Gasteiger partial charge is 0.327 e. The maximum absolute atomic E-state index is 13.2. The molecule has 0 radical (unpaired) electrons. The van der Waals surface area contributed by atoms with Gasteiger partial charge in [0.15, 0.2) is 5.65 Å². The summed E-state index contributed by atoms with van der Waals surface area (Å²) in [6, 6.07) is 16.1. The number of hydrogen-bond acceptors (Lipinski definition) is 3. The molecule has 166 valence electrons. The molecule has 5 rings (SSSR count). The lowest BCUT2D eigenvalue weighted by molar-refractivity contribution is 0.0773. The number of benzene rings is 2. The molecule has 3 heterocycles. The summed E-state index contributed by atoms with van der Waals surface area (Å²) < 4.78 is 1.54. The number of carbonyl (C=O) groups excluding carboxylic acids is 1. The number of pyridine rings is 1. The number of H-pyrrole nitrogens is 1. The third-order valence-electron chi connectivity index (χ3n) is 6.29. The molecule has 6 heteroatoms. The quantitative estimate of drug-likeness (QED) is 0.513. The Morgan fingerprint density at radius 1 is 1.00 bits per heavy atom. The molecule has 2 aromatic heterocycles. The highest BCUT2D eigenvalue weighted by molar-refractivity contribution is 5.96. The number of hydrogen-bond donors (Lipinski definition) is 1. The second kappa shape index (κ2) is 8.20. The summed E-state index contributed by atoms with van der Waals surface area (Å²) in [7, 11) is 1.71. The van der Waals surface area contributed by atoms with Crippen LogP contribution < -0.4 is 5.69 Å². The summed E-state index contributed by atoms with van der Waals surface area (Å²) in [5.74, 6) is 0.0238. The minimum absolute atomic E-state index is 0.0238. The highest BCUT2D eigenvalue weighted by atomic mass is 16.2. The first-order valence-electron chi connectivity index (χ1n) is 11.1. The van der Waals surface area contributed by atoms with Gasteiger partial charge in [0.25, 0.3) is 5.91 Å². The van der Waals surface area contributed by atoms with E-state index in [4.69, 9.17) is 0 Å². The maximum atomic E-state index is 13.2. The van der Waals surface area contributed by atoms with Crippen molar-refractivity contribution in [2.45, 2.75) is 20.3 Å². The predicted octanol–water partition coefficient (Wildman–Crippen LogP) is 4.47. The van der Waals surface area contributed by atoms with Crippen LogP contribution in [0.4, 0.5) is 0 Å². The molecule has 4 aromatic rings. The Hall–Kier alpha value is -3.93. The number of imidazole rings is 1. The van der Waals surface area contributed by atoms with Crippen LogP contribution in [0.3, 0.4) is 0 Å². The molecular weight excluding hydrogens is 412 g/mol. The molecule has 33 heavy (non-hydrogen) atoms. The van der Waals surface area contributed by atoms with Crippen LogP contribution in [0.1, 0.15) is 33.5 Å². The number of aromatic amines is 1. The lowest BCUT2D eigenvalue weighted by Crippen LogP contribution is -2.34. The van der Waals surface area contributed by atoms with E-state index in [1.807, 2.05) is 35.2 Å². The molecule has 1 N–H and O–H groups in total. The van der Waals surface area contributed by atoms with E-state index in [9.17, 15) is 9.59 Å². The molecule has 0 unspecified atom stereocenters. The fourth-order valence-corrected chi connectivity index (χ4v) is 4.55. The van der Waals surface area contributed by atoms with E-state index >= 15 is 0 Å². The second-order valence-corrected chi connectivity index (χ2v) is 8.77. The van der Waals surface area contributed by atoms with Crippen molar-refractivity contribution in [1.29, 1.82) is 0 Å². The molecule has 1 amide bonds. The van der Waals surface area contributed by atoms with Crippen molar-refractivity contribution in [3.8, 4) is 11.1 Å². The maximum Gasteiger partial charge on any atom is 0.327 e. The first kappa shape index (κ1) is 20.9. The Kier molecular flexibility index (Phi) is 5.21. The van der Waals surface area contributed by atoms with Crippen LogP contribution in [0.2, 0.25) is 0 Å². The van der Waals surface area contributed by atoms with Crippen molar-refractivity contribution < 1.29 is 4.79 Å². The van der Waals surface area contributed by atoms with E-state index in [0.717, 1.165) is 23.1 Å². The van der Waals surface area contributed by atoms with E-state index in [-0.39, 0.29) is 11.6 Å². The van der Waals surface area contributed by atoms with Gasteiger partial charge in [0, 0.05) is 37.5 Å². The first-order chi connectivity index (χ1) is 15.9. The number of carbonyl (C=O) groups is 1. The van der Waals surface area contributed by atoms with Crippen LogP contribution in [0.25, 0.3) is 27.9 Å². The van der Waals surface area contributed by atoms with Crippen LogP contribution in [0, 0.1) is 13.8 Å². The average molecular weight is 439 g/mol. The minimum Gasteiger partial charge on any atom is -0.335 e. The average Bonchev–Trinajstić information content (AvgIpc) is 3.11. The monoisotopic (exact) mass is 438 g/mol. The van der Waals surface area contributed by atoms with E-state index in [2.05, 4.69) is 48.1 Å². The number of aryl methyl sites for hydroxylation is 3. The number of amides is 1. The fourth-order valence-electron chi connectivity index (χ4n) is 4.55. The minimum atomic E-state index is -0.197. The largest absolute Gasteiger partial charge is 0.335 e. The molecule has 0 bridgehead atoms. The van der Waals surface area contributed by atoms with Crippen LogP contribution in [-0.4, -0.2) is 38.4 Å². The number of aromatic nitrogens is 3. The highest BCUT2D eigenvalue weighted by Gasteiger charge is 2.20. The zero-order chi connectivity index (χ0) is 23.1. The second-order valence-electron chi connectivity index (χ2n) is 8.77. The van der Waals surface area contributed by atoms with E-state index in [1.54, 1.807) is 13.2 Å². The van der Waals surface area contributed by atoms with Crippen LogP contribution in [0.15, 0.2) is 65.6 Å². The Balaban J connectivity index is 1.38. The number of nitrogens with zero attached hydrogens (tertiary/aromatic N) is 3. The normalized spacial score (nSPS) is 13.9. The molecular formula is C27H26N4O2. The third-order valence-corrected chi connectivity index (χ3v) is 6.29. The molecule has 1 aliphatic heterocycles. The van der Waals surface area contributed by atoms with Crippen LogP contribution in [-0.2, 0) is 7.05 Å². The van der Waals surface area contributed by atoms with Gasteiger partial charge in [0.05, 0.1) is 5.52 Å². The van der Waals surface area contributed by atoms with Crippen molar-refractivity contribution in [3.05, 3.63) is 93.5 Å².